The van der Waals surface area contributed by atoms with Crippen molar-refractivity contribution in [3.8, 4) is 0 Å². The average Bonchev–Trinajstić information content (AvgIpc) is 2.44. The molecule has 114 valence electrons. The van der Waals surface area contributed by atoms with Crippen LogP contribution in [0.15, 0.2) is 24.3 Å². The molecule has 0 spiro atoms. The summed E-state index contributed by atoms with van der Waals surface area (Å²) < 4.78 is 10.5. The maximum Gasteiger partial charge on any atom is 0.0897 e. The Kier molecular flexibility index (Phi) is 8.82. The molecule has 2 N–H and O–H groups in total. The first-order valence-corrected chi connectivity index (χ1v) is 7.33. The van der Waals surface area contributed by atoms with Gasteiger partial charge in [0.15, 0.2) is 0 Å². The molecule has 1 unspecified atom stereocenters. The molecular weight excluding hydrogens is 278 g/mol. The molecule has 0 heterocycles. The fraction of sp³-hybridized carbons (Fsp3) is 0.600. The van der Waals surface area contributed by atoms with Gasteiger partial charge in [-0.25, -0.2) is 0 Å². The number of ether oxygens (including phenoxy) is 2. The van der Waals surface area contributed by atoms with Crippen molar-refractivity contribution in [3.05, 3.63) is 34.9 Å². The smallest absolute Gasteiger partial charge is 0.0897 e. The van der Waals surface area contributed by atoms with Crippen molar-refractivity contribution < 1.29 is 14.6 Å². The van der Waals surface area contributed by atoms with E-state index in [-0.39, 0.29) is 6.04 Å². The summed E-state index contributed by atoms with van der Waals surface area (Å²) in [6.07, 6.45) is -0.529. The van der Waals surface area contributed by atoms with E-state index in [0.717, 1.165) is 10.6 Å². The summed E-state index contributed by atoms with van der Waals surface area (Å²) in [5.41, 5.74) is 1.10. The highest BCUT2D eigenvalue weighted by molar-refractivity contribution is 6.30. The fourth-order valence-electron chi connectivity index (χ4n) is 1.75. The van der Waals surface area contributed by atoms with E-state index in [9.17, 15) is 5.11 Å². The highest BCUT2D eigenvalue weighted by Gasteiger charge is 2.09. The number of hydrogen-bond acceptors (Lipinski definition) is 4. The lowest BCUT2D eigenvalue weighted by Crippen LogP contribution is -2.32. The minimum Gasteiger partial charge on any atom is -0.389 e. The Morgan fingerprint density at radius 3 is 2.75 bits per heavy atom. The van der Waals surface area contributed by atoms with Crippen LogP contribution in [0.5, 0.6) is 0 Å². The summed E-state index contributed by atoms with van der Waals surface area (Å²) in [5.74, 6) is 0. The van der Waals surface area contributed by atoms with Gasteiger partial charge in [0.1, 0.15) is 0 Å². The topological polar surface area (TPSA) is 50.7 Å². The van der Waals surface area contributed by atoms with Gasteiger partial charge in [0.2, 0.25) is 0 Å². The number of aliphatic hydroxyl groups excluding tert-OH is 1. The molecule has 0 aliphatic rings. The predicted octanol–water partition coefficient (Wildman–Crippen LogP) is 2.40. The van der Waals surface area contributed by atoms with Crippen LogP contribution in [0.25, 0.3) is 0 Å². The zero-order valence-electron chi connectivity index (χ0n) is 12.1. The summed E-state index contributed by atoms with van der Waals surface area (Å²) in [7, 11) is 0. The molecule has 0 fully saturated rings. The third-order valence-corrected chi connectivity index (χ3v) is 3.13. The van der Waals surface area contributed by atoms with Crippen LogP contribution in [-0.2, 0) is 9.47 Å². The molecule has 0 aliphatic heterocycles. The molecule has 2 atom stereocenters. The van der Waals surface area contributed by atoms with Crippen molar-refractivity contribution in [2.24, 2.45) is 0 Å². The highest BCUT2D eigenvalue weighted by Crippen LogP contribution is 2.17. The Labute approximate surface area is 126 Å². The van der Waals surface area contributed by atoms with Gasteiger partial charge >= 0.3 is 0 Å². The van der Waals surface area contributed by atoms with Gasteiger partial charge in [0, 0.05) is 24.2 Å². The van der Waals surface area contributed by atoms with Crippen LogP contribution in [-0.4, -0.2) is 44.2 Å². The van der Waals surface area contributed by atoms with E-state index in [4.69, 9.17) is 21.1 Å². The second-order valence-electron chi connectivity index (χ2n) is 4.61. The van der Waals surface area contributed by atoms with Crippen molar-refractivity contribution in [3.63, 3.8) is 0 Å². The Morgan fingerprint density at radius 2 is 2.05 bits per heavy atom. The van der Waals surface area contributed by atoms with Crippen molar-refractivity contribution in [2.75, 3.05) is 33.0 Å². The first-order valence-electron chi connectivity index (χ1n) is 6.96. The van der Waals surface area contributed by atoms with Gasteiger partial charge in [-0.05, 0) is 31.5 Å². The van der Waals surface area contributed by atoms with Crippen molar-refractivity contribution in [2.45, 2.75) is 26.0 Å². The third-order valence-electron chi connectivity index (χ3n) is 2.89. The number of nitrogens with one attached hydrogen (secondary N) is 1. The van der Waals surface area contributed by atoms with E-state index in [1.165, 1.54) is 0 Å². The van der Waals surface area contributed by atoms with Crippen molar-refractivity contribution in [1.29, 1.82) is 0 Å². The molecule has 0 bridgehead atoms. The maximum absolute atomic E-state index is 9.80. The molecule has 4 nitrogen and oxygen atoms in total. The number of hydrogen-bond donors (Lipinski definition) is 2. The summed E-state index contributed by atoms with van der Waals surface area (Å²) in [6.45, 7) is 6.52. The van der Waals surface area contributed by atoms with Crippen LogP contribution in [0.1, 0.15) is 25.5 Å². The van der Waals surface area contributed by atoms with E-state index >= 15 is 0 Å². The van der Waals surface area contributed by atoms with Crippen LogP contribution >= 0.6 is 11.6 Å². The Balaban J connectivity index is 2.18. The second-order valence-corrected chi connectivity index (χ2v) is 5.05. The lowest BCUT2D eigenvalue weighted by Gasteiger charge is -2.18. The van der Waals surface area contributed by atoms with Gasteiger partial charge in [-0.3, -0.25) is 0 Å². The van der Waals surface area contributed by atoms with Crippen LogP contribution in [0.4, 0.5) is 0 Å². The molecule has 0 saturated heterocycles. The quantitative estimate of drug-likeness (QED) is 0.652. The number of aliphatic hydroxyl groups is 1. The van der Waals surface area contributed by atoms with Gasteiger partial charge in [-0.15, -0.1) is 0 Å². The molecule has 0 amide bonds. The van der Waals surface area contributed by atoms with Crippen LogP contribution in [0.2, 0.25) is 5.02 Å². The fourth-order valence-corrected chi connectivity index (χ4v) is 1.95. The maximum atomic E-state index is 9.80. The lowest BCUT2D eigenvalue weighted by molar-refractivity contribution is 0.00586. The SMILES string of the molecule is CCOCCOCC(O)CN[C@H](C)c1cccc(Cl)c1. The normalized spacial score (nSPS) is 14.2. The van der Waals surface area contributed by atoms with Gasteiger partial charge in [0.25, 0.3) is 0 Å². The lowest BCUT2D eigenvalue weighted by atomic mass is 10.1. The molecular formula is C15H24ClNO3. The number of rotatable bonds is 10. The Bertz CT molecular complexity index is 376. The first-order chi connectivity index (χ1) is 9.63. The minimum absolute atomic E-state index is 0.131. The van der Waals surface area contributed by atoms with E-state index in [1.807, 2.05) is 38.1 Å². The first kappa shape index (κ1) is 17.4. The monoisotopic (exact) mass is 301 g/mol. The zero-order valence-corrected chi connectivity index (χ0v) is 12.9. The van der Waals surface area contributed by atoms with Gasteiger partial charge in [0.05, 0.1) is 25.9 Å². The largest absolute Gasteiger partial charge is 0.389 e. The van der Waals surface area contributed by atoms with Gasteiger partial charge < -0.3 is 19.9 Å². The summed E-state index contributed by atoms with van der Waals surface area (Å²) in [5, 5.41) is 13.8. The molecule has 0 aromatic heterocycles. The van der Waals surface area contributed by atoms with Gasteiger partial charge in [-0.1, -0.05) is 23.7 Å². The summed E-state index contributed by atoms with van der Waals surface area (Å²) in [6, 6.07) is 7.83. The Hall–Kier alpha value is -0.650. The Morgan fingerprint density at radius 1 is 1.30 bits per heavy atom. The predicted molar refractivity (Wildman–Crippen MR) is 81.2 cm³/mol. The average molecular weight is 302 g/mol. The highest BCUT2D eigenvalue weighted by atomic mass is 35.5. The molecule has 20 heavy (non-hydrogen) atoms. The van der Waals surface area contributed by atoms with E-state index in [2.05, 4.69) is 5.32 Å². The molecule has 1 aromatic carbocycles. The molecule has 1 aromatic rings. The third kappa shape index (κ3) is 7.22. The van der Waals surface area contributed by atoms with Crippen molar-refractivity contribution in [1.82, 2.24) is 5.32 Å². The number of benzene rings is 1. The zero-order chi connectivity index (χ0) is 14.8. The molecule has 0 saturated carbocycles. The second kappa shape index (κ2) is 10.1. The summed E-state index contributed by atoms with van der Waals surface area (Å²) in [4.78, 5) is 0. The van der Waals surface area contributed by atoms with E-state index in [1.54, 1.807) is 0 Å². The molecule has 0 radical (unpaired) electrons. The van der Waals surface area contributed by atoms with Crippen LogP contribution < -0.4 is 5.32 Å². The van der Waals surface area contributed by atoms with Gasteiger partial charge in [-0.2, -0.15) is 0 Å². The van der Waals surface area contributed by atoms with E-state index < -0.39 is 6.10 Å². The molecule has 1 rings (SSSR count). The summed E-state index contributed by atoms with van der Waals surface area (Å²) >= 11 is 5.95. The molecule has 0 aliphatic carbocycles. The standard InChI is InChI=1S/C15H24ClNO3/c1-3-19-7-8-20-11-15(18)10-17-12(2)13-5-4-6-14(16)9-13/h4-6,9,12,15,17-18H,3,7-8,10-11H2,1-2H3/t12-,15?/m1/s1. The van der Waals surface area contributed by atoms with Crippen molar-refractivity contribution >= 4 is 11.6 Å². The van der Waals surface area contributed by atoms with Crippen LogP contribution in [0.3, 0.4) is 0 Å². The minimum atomic E-state index is -0.529. The molecule has 5 heteroatoms. The number of halogens is 1. The van der Waals surface area contributed by atoms with Crippen LogP contribution in [0, 0.1) is 0 Å². The van der Waals surface area contributed by atoms with E-state index in [0.29, 0.717) is 33.0 Å².